The summed E-state index contributed by atoms with van der Waals surface area (Å²) in [6.45, 7) is 1.56. The van der Waals surface area contributed by atoms with Crippen LogP contribution in [0.2, 0.25) is 0 Å². The Kier molecular flexibility index (Phi) is 3.34. The van der Waals surface area contributed by atoms with E-state index in [1.807, 2.05) is 39.9 Å². The van der Waals surface area contributed by atoms with Crippen molar-refractivity contribution >= 4 is 11.7 Å². The number of carbonyl (C=O) groups excluding carboxylic acids is 1. The van der Waals surface area contributed by atoms with Crippen LogP contribution in [-0.2, 0) is 6.54 Å². The van der Waals surface area contributed by atoms with E-state index in [-0.39, 0.29) is 24.1 Å². The molecule has 3 aliphatic rings. The molecule has 2 N–H and O–H groups in total. The van der Waals surface area contributed by atoms with Crippen LogP contribution in [0.15, 0.2) is 43.0 Å². The SMILES string of the molecule is O=C(Nc1cccc(Cn2ccnc2)c1)N1CC2(CO)CC1C2. The minimum Gasteiger partial charge on any atom is -0.396 e. The predicted octanol–water partition coefficient (Wildman–Crippen LogP) is 1.92. The standard InChI is InChI=1S/C17H20N4O2/c22-11-17-7-15(8-17)21(10-17)16(23)19-14-3-1-2-13(6-14)9-20-5-4-18-12-20/h1-6,12,15,22H,7-11H2,(H,19,23). The number of rotatable bonds is 4. The van der Waals surface area contributed by atoms with E-state index in [0.29, 0.717) is 6.54 Å². The monoisotopic (exact) mass is 312 g/mol. The van der Waals surface area contributed by atoms with Crippen LogP contribution in [0.5, 0.6) is 0 Å². The average molecular weight is 312 g/mol. The summed E-state index contributed by atoms with van der Waals surface area (Å²) in [5.41, 5.74) is 1.87. The van der Waals surface area contributed by atoms with Gasteiger partial charge in [0.05, 0.1) is 12.9 Å². The minimum absolute atomic E-state index is 0.0364. The molecule has 0 radical (unpaired) electrons. The lowest BCUT2D eigenvalue weighted by Crippen LogP contribution is -2.39. The molecule has 3 heterocycles. The van der Waals surface area contributed by atoms with Gasteiger partial charge in [-0.15, -0.1) is 0 Å². The van der Waals surface area contributed by atoms with Crippen LogP contribution in [0.4, 0.5) is 10.5 Å². The molecule has 1 aliphatic carbocycles. The Labute approximate surface area is 134 Å². The summed E-state index contributed by atoms with van der Waals surface area (Å²) in [5.74, 6) is 0. The van der Waals surface area contributed by atoms with E-state index in [9.17, 15) is 9.90 Å². The molecule has 1 saturated carbocycles. The second kappa shape index (κ2) is 5.38. The topological polar surface area (TPSA) is 70.4 Å². The first-order chi connectivity index (χ1) is 11.2. The number of aliphatic hydroxyl groups excluding tert-OH is 1. The average Bonchev–Trinajstić information content (AvgIpc) is 3.21. The molecule has 1 aromatic heterocycles. The van der Waals surface area contributed by atoms with Gasteiger partial charge in [-0.05, 0) is 30.5 Å². The Morgan fingerprint density at radius 1 is 1.43 bits per heavy atom. The van der Waals surface area contributed by atoms with E-state index in [1.165, 1.54) is 0 Å². The van der Waals surface area contributed by atoms with Crippen molar-refractivity contribution < 1.29 is 9.90 Å². The Balaban J connectivity index is 1.42. The number of fused-ring (bicyclic) bond motifs is 1. The number of carbonyl (C=O) groups is 1. The lowest BCUT2D eigenvalue weighted by Gasteiger charge is -2.34. The lowest BCUT2D eigenvalue weighted by molar-refractivity contribution is 0.0850. The number of nitrogens with zero attached hydrogens (tertiary/aromatic N) is 3. The summed E-state index contributed by atoms with van der Waals surface area (Å²) in [6, 6.07) is 8.08. The number of aliphatic hydroxyl groups is 1. The van der Waals surface area contributed by atoms with Crippen LogP contribution in [0, 0.1) is 5.41 Å². The van der Waals surface area contributed by atoms with Crippen molar-refractivity contribution in [1.82, 2.24) is 14.5 Å². The third kappa shape index (κ3) is 2.59. The largest absolute Gasteiger partial charge is 0.396 e. The van der Waals surface area contributed by atoms with E-state index < -0.39 is 0 Å². The number of aromatic nitrogens is 2. The summed E-state index contributed by atoms with van der Waals surface area (Å²) >= 11 is 0. The van der Waals surface area contributed by atoms with Crippen molar-refractivity contribution in [2.24, 2.45) is 5.41 Å². The molecule has 2 aliphatic heterocycles. The smallest absolute Gasteiger partial charge is 0.322 e. The van der Waals surface area contributed by atoms with E-state index in [0.717, 1.165) is 30.6 Å². The molecule has 5 rings (SSSR count). The minimum atomic E-state index is -0.0670. The molecule has 0 unspecified atom stereocenters. The lowest BCUT2D eigenvalue weighted by atomic mass is 9.71. The zero-order valence-corrected chi connectivity index (χ0v) is 12.9. The summed E-state index contributed by atoms with van der Waals surface area (Å²) in [5, 5.41) is 12.4. The van der Waals surface area contributed by atoms with Crippen LogP contribution < -0.4 is 5.32 Å². The molecule has 1 aromatic carbocycles. The van der Waals surface area contributed by atoms with Gasteiger partial charge in [0.1, 0.15) is 0 Å². The molecule has 2 bridgehead atoms. The first kappa shape index (κ1) is 14.3. The fourth-order valence-electron chi connectivity index (χ4n) is 3.73. The normalized spacial score (nSPS) is 25.3. The highest BCUT2D eigenvalue weighted by atomic mass is 16.3. The van der Waals surface area contributed by atoms with E-state index in [2.05, 4.69) is 10.3 Å². The van der Waals surface area contributed by atoms with E-state index in [1.54, 1.807) is 12.5 Å². The molecule has 120 valence electrons. The summed E-state index contributed by atoms with van der Waals surface area (Å²) in [7, 11) is 0. The predicted molar refractivity (Wildman–Crippen MR) is 86.0 cm³/mol. The zero-order valence-electron chi connectivity index (χ0n) is 12.9. The van der Waals surface area contributed by atoms with Crippen LogP contribution >= 0.6 is 0 Å². The molecule has 2 aromatic rings. The summed E-state index contributed by atoms with van der Waals surface area (Å²) in [4.78, 5) is 18.4. The fourth-order valence-corrected chi connectivity index (χ4v) is 3.73. The van der Waals surface area contributed by atoms with Crippen molar-refractivity contribution in [3.05, 3.63) is 48.5 Å². The van der Waals surface area contributed by atoms with Gasteiger partial charge in [0.25, 0.3) is 0 Å². The van der Waals surface area contributed by atoms with Crippen molar-refractivity contribution in [3.8, 4) is 0 Å². The number of urea groups is 1. The third-order valence-corrected chi connectivity index (χ3v) is 4.98. The van der Waals surface area contributed by atoms with Crippen molar-refractivity contribution in [2.45, 2.75) is 25.4 Å². The highest BCUT2D eigenvalue weighted by Crippen LogP contribution is 2.51. The zero-order chi connectivity index (χ0) is 15.9. The van der Waals surface area contributed by atoms with Gasteiger partial charge in [-0.2, -0.15) is 0 Å². The molecule has 3 fully saturated rings. The number of hydrogen-bond donors (Lipinski definition) is 2. The van der Waals surface area contributed by atoms with Crippen molar-refractivity contribution in [2.75, 3.05) is 18.5 Å². The van der Waals surface area contributed by atoms with Gasteiger partial charge < -0.3 is 19.9 Å². The van der Waals surface area contributed by atoms with Gasteiger partial charge in [0.2, 0.25) is 0 Å². The van der Waals surface area contributed by atoms with Crippen LogP contribution in [-0.4, -0.2) is 44.8 Å². The van der Waals surface area contributed by atoms with Gasteiger partial charge in [-0.1, -0.05) is 12.1 Å². The molecule has 0 spiro atoms. The van der Waals surface area contributed by atoms with E-state index >= 15 is 0 Å². The van der Waals surface area contributed by atoms with Crippen LogP contribution in [0.3, 0.4) is 0 Å². The fraction of sp³-hybridized carbons (Fsp3) is 0.412. The number of benzene rings is 1. The maximum Gasteiger partial charge on any atom is 0.322 e. The summed E-state index contributed by atoms with van der Waals surface area (Å²) in [6.07, 6.45) is 7.30. The summed E-state index contributed by atoms with van der Waals surface area (Å²) < 4.78 is 1.99. The number of hydrogen-bond acceptors (Lipinski definition) is 3. The van der Waals surface area contributed by atoms with Crippen molar-refractivity contribution in [1.29, 1.82) is 0 Å². The number of nitrogens with one attached hydrogen (secondary N) is 1. The molecule has 6 heteroatoms. The number of anilines is 1. The number of amides is 2. The van der Waals surface area contributed by atoms with E-state index in [4.69, 9.17) is 0 Å². The highest BCUT2D eigenvalue weighted by Gasteiger charge is 2.56. The van der Waals surface area contributed by atoms with Gasteiger partial charge in [0.15, 0.2) is 0 Å². The second-order valence-corrected chi connectivity index (χ2v) is 6.71. The molecule has 23 heavy (non-hydrogen) atoms. The highest BCUT2D eigenvalue weighted by molar-refractivity contribution is 5.90. The van der Waals surface area contributed by atoms with Crippen molar-refractivity contribution in [3.63, 3.8) is 0 Å². The first-order valence-electron chi connectivity index (χ1n) is 7.91. The number of imidazole rings is 1. The van der Waals surface area contributed by atoms with Crippen LogP contribution in [0.1, 0.15) is 18.4 Å². The maximum atomic E-state index is 12.5. The van der Waals surface area contributed by atoms with Crippen LogP contribution in [0.25, 0.3) is 0 Å². The second-order valence-electron chi connectivity index (χ2n) is 6.71. The molecule has 2 amide bonds. The third-order valence-electron chi connectivity index (χ3n) is 4.98. The Morgan fingerprint density at radius 3 is 3.00 bits per heavy atom. The Hall–Kier alpha value is -2.34. The molecule has 0 atom stereocenters. The molecule has 2 saturated heterocycles. The maximum absolute atomic E-state index is 12.5. The Morgan fingerprint density at radius 2 is 2.30 bits per heavy atom. The van der Waals surface area contributed by atoms with Gasteiger partial charge >= 0.3 is 6.03 Å². The van der Waals surface area contributed by atoms with Gasteiger partial charge in [-0.25, -0.2) is 9.78 Å². The van der Waals surface area contributed by atoms with Gasteiger partial charge in [-0.3, -0.25) is 0 Å². The first-order valence-corrected chi connectivity index (χ1v) is 7.91. The molecule has 6 nitrogen and oxygen atoms in total. The van der Waals surface area contributed by atoms with Gasteiger partial charge in [0, 0.05) is 42.6 Å². The molecular weight excluding hydrogens is 292 g/mol. The Bertz CT molecular complexity index is 707. The molecular formula is C17H20N4O2. The quantitative estimate of drug-likeness (QED) is 0.906.